The number of hydrogen-bond acceptors (Lipinski definition) is 6. The normalized spacial score (nSPS) is 17.2. The van der Waals surface area contributed by atoms with Crippen LogP contribution in [0.1, 0.15) is 31.4 Å². The van der Waals surface area contributed by atoms with Crippen molar-refractivity contribution in [3.05, 3.63) is 70.2 Å². The number of aromatic nitrogens is 3. The molecule has 3 aromatic rings. The van der Waals surface area contributed by atoms with Gasteiger partial charge in [0.15, 0.2) is 29.0 Å². The van der Waals surface area contributed by atoms with E-state index in [9.17, 15) is 23.2 Å². The molecule has 0 N–H and O–H groups in total. The molecular weight excluding hydrogens is 459 g/mol. The Morgan fingerprint density at radius 2 is 1.83 bits per heavy atom. The Bertz CT molecular complexity index is 1390. The van der Waals surface area contributed by atoms with Crippen molar-refractivity contribution in [1.82, 2.24) is 14.5 Å². The van der Waals surface area contributed by atoms with Crippen molar-refractivity contribution in [2.24, 2.45) is 7.05 Å². The highest BCUT2D eigenvalue weighted by atomic mass is 19.2. The molecule has 2 aliphatic rings. The van der Waals surface area contributed by atoms with Crippen LogP contribution in [0, 0.1) is 28.8 Å². The zero-order chi connectivity index (χ0) is 24.7. The van der Waals surface area contributed by atoms with Gasteiger partial charge in [-0.25, -0.2) is 23.1 Å². The van der Waals surface area contributed by atoms with E-state index >= 15 is 0 Å². The maximum Gasteiger partial charge on any atom is 0.250 e. The van der Waals surface area contributed by atoms with Crippen LogP contribution in [0.5, 0.6) is 5.75 Å². The van der Waals surface area contributed by atoms with E-state index in [4.69, 9.17) is 9.72 Å². The highest BCUT2D eigenvalue weighted by Gasteiger charge is 2.47. The minimum Gasteiger partial charge on any atom is -0.487 e. The monoisotopic (exact) mass is 481 g/mol. The Hall–Kier alpha value is -3.87. The molecule has 0 amide bonds. The molecule has 1 aromatic carbocycles. The molecular formula is C25H22F3N5O2. The molecule has 10 heteroatoms. The fourth-order valence-corrected chi connectivity index (χ4v) is 4.28. The third-order valence-corrected chi connectivity index (χ3v) is 6.58. The van der Waals surface area contributed by atoms with Crippen LogP contribution in [-0.4, -0.2) is 33.7 Å². The molecule has 180 valence electrons. The van der Waals surface area contributed by atoms with Gasteiger partial charge in [0.05, 0.1) is 18.0 Å². The highest BCUT2D eigenvalue weighted by molar-refractivity contribution is 5.72. The number of hydrogen-bond donors (Lipinski definition) is 0. The third kappa shape index (κ3) is 4.34. The molecule has 1 aliphatic carbocycles. The average Bonchev–Trinajstić information content (AvgIpc) is 3.66. The maximum absolute atomic E-state index is 14.0. The molecule has 1 saturated carbocycles. The van der Waals surface area contributed by atoms with Crippen molar-refractivity contribution in [1.29, 1.82) is 5.26 Å². The number of rotatable bonds is 5. The van der Waals surface area contributed by atoms with Crippen molar-refractivity contribution in [2.45, 2.75) is 37.2 Å². The molecule has 2 aromatic heterocycles. The number of nitrogens with zero attached hydrogens (tertiary/aromatic N) is 5. The predicted molar refractivity (Wildman–Crippen MR) is 121 cm³/mol. The molecule has 5 rings (SSSR count). The Labute approximate surface area is 199 Å². The summed E-state index contributed by atoms with van der Waals surface area (Å²) in [4.78, 5) is 23.4. The molecule has 0 atom stereocenters. The second-order valence-electron chi connectivity index (χ2n) is 8.99. The second-order valence-corrected chi connectivity index (χ2v) is 8.99. The Kier molecular flexibility index (Phi) is 5.71. The van der Waals surface area contributed by atoms with Gasteiger partial charge in [0.1, 0.15) is 17.2 Å². The van der Waals surface area contributed by atoms with E-state index in [-0.39, 0.29) is 17.4 Å². The topological polar surface area (TPSA) is 84.0 Å². The van der Waals surface area contributed by atoms with E-state index in [1.807, 2.05) is 4.90 Å². The molecule has 0 unspecified atom stereocenters. The minimum absolute atomic E-state index is 0.155. The summed E-state index contributed by atoms with van der Waals surface area (Å²) < 4.78 is 47.8. The first-order valence-electron chi connectivity index (χ1n) is 11.3. The van der Waals surface area contributed by atoms with Gasteiger partial charge in [0.2, 0.25) is 5.56 Å². The standard InChI is InChI=1S/C25H22F3N5O2/c1-32-13-15(2-3-22(32)34)23-24(30-12-21(31-23)25(14-29)6-7-25)33-8-4-16(5-9-33)35-20-11-18(27)17(26)10-19(20)28/h2-3,10-13,16H,4-9H2,1H3. The third-order valence-electron chi connectivity index (χ3n) is 6.58. The zero-order valence-electron chi connectivity index (χ0n) is 19.0. The number of benzene rings is 1. The lowest BCUT2D eigenvalue weighted by atomic mass is 10.0. The van der Waals surface area contributed by atoms with Gasteiger partial charge in [-0.05, 0) is 18.9 Å². The van der Waals surface area contributed by atoms with Gasteiger partial charge in [-0.1, -0.05) is 0 Å². The predicted octanol–water partition coefficient (Wildman–Crippen LogP) is 3.86. The van der Waals surface area contributed by atoms with Crippen LogP contribution < -0.4 is 15.2 Å². The summed E-state index contributed by atoms with van der Waals surface area (Å²) in [6, 6.07) is 6.69. The van der Waals surface area contributed by atoms with E-state index < -0.39 is 22.9 Å². The zero-order valence-corrected chi connectivity index (χ0v) is 19.0. The van der Waals surface area contributed by atoms with Crippen LogP contribution in [0.25, 0.3) is 11.3 Å². The van der Waals surface area contributed by atoms with Gasteiger partial charge < -0.3 is 14.2 Å². The van der Waals surface area contributed by atoms with Crippen LogP contribution in [-0.2, 0) is 12.5 Å². The molecule has 3 heterocycles. The number of piperidine rings is 1. The number of aryl methyl sites for hydroxylation is 1. The minimum atomic E-state index is -1.26. The van der Waals surface area contributed by atoms with Crippen molar-refractivity contribution < 1.29 is 17.9 Å². The SMILES string of the molecule is Cn1cc(-c2nc(C3(C#N)CC3)cnc2N2CCC(Oc3cc(F)c(F)cc3F)CC2)ccc1=O. The van der Waals surface area contributed by atoms with Gasteiger partial charge in [-0.2, -0.15) is 5.26 Å². The summed E-state index contributed by atoms with van der Waals surface area (Å²) in [5, 5.41) is 9.61. The number of pyridine rings is 1. The molecule has 35 heavy (non-hydrogen) atoms. The maximum atomic E-state index is 14.0. The van der Waals surface area contributed by atoms with E-state index in [0.29, 0.717) is 54.8 Å². The fourth-order valence-electron chi connectivity index (χ4n) is 4.28. The van der Waals surface area contributed by atoms with E-state index in [0.717, 1.165) is 18.9 Å². The lowest BCUT2D eigenvalue weighted by Crippen LogP contribution is -2.39. The van der Waals surface area contributed by atoms with E-state index in [2.05, 4.69) is 11.1 Å². The van der Waals surface area contributed by atoms with E-state index in [1.165, 1.54) is 10.6 Å². The Morgan fingerprint density at radius 3 is 2.49 bits per heavy atom. The molecule has 1 aliphatic heterocycles. The first kappa shape index (κ1) is 22.9. The average molecular weight is 481 g/mol. The summed E-state index contributed by atoms with van der Waals surface area (Å²) in [7, 11) is 1.65. The molecule has 0 radical (unpaired) electrons. The fraction of sp³-hybridized carbons (Fsp3) is 0.360. The first-order chi connectivity index (χ1) is 16.8. The van der Waals surface area contributed by atoms with Crippen LogP contribution in [0.15, 0.2) is 41.5 Å². The van der Waals surface area contributed by atoms with Gasteiger partial charge >= 0.3 is 0 Å². The lowest BCUT2D eigenvalue weighted by Gasteiger charge is -2.34. The summed E-state index contributed by atoms with van der Waals surface area (Å²) in [5.74, 6) is -3.08. The quantitative estimate of drug-likeness (QED) is 0.515. The summed E-state index contributed by atoms with van der Waals surface area (Å²) in [6.45, 7) is 1.01. The molecule has 1 saturated heterocycles. The molecule has 2 fully saturated rings. The number of halogens is 3. The summed E-state index contributed by atoms with van der Waals surface area (Å²) in [5.41, 5.74) is 1.12. The summed E-state index contributed by atoms with van der Waals surface area (Å²) in [6.07, 6.45) is 5.39. The number of anilines is 1. The van der Waals surface area contributed by atoms with Crippen LogP contribution in [0.4, 0.5) is 19.0 Å². The van der Waals surface area contributed by atoms with Gasteiger partial charge in [0.25, 0.3) is 0 Å². The van der Waals surface area contributed by atoms with Crippen molar-refractivity contribution in [2.75, 3.05) is 18.0 Å². The highest BCUT2D eigenvalue weighted by Crippen LogP contribution is 2.47. The lowest BCUT2D eigenvalue weighted by molar-refractivity contribution is 0.162. The smallest absolute Gasteiger partial charge is 0.250 e. The first-order valence-corrected chi connectivity index (χ1v) is 11.3. The molecule has 7 nitrogen and oxygen atoms in total. The van der Waals surface area contributed by atoms with Crippen molar-refractivity contribution in [3.63, 3.8) is 0 Å². The van der Waals surface area contributed by atoms with Gasteiger partial charge in [-0.15, -0.1) is 0 Å². The second kappa shape index (κ2) is 8.73. The van der Waals surface area contributed by atoms with Crippen molar-refractivity contribution in [3.8, 4) is 23.1 Å². The molecule has 0 spiro atoms. The van der Waals surface area contributed by atoms with Gasteiger partial charge in [0, 0.05) is 62.9 Å². The van der Waals surface area contributed by atoms with Crippen LogP contribution in [0.3, 0.4) is 0 Å². The Morgan fingerprint density at radius 1 is 1.11 bits per heavy atom. The van der Waals surface area contributed by atoms with E-state index in [1.54, 1.807) is 25.5 Å². The number of nitriles is 1. The Balaban J connectivity index is 1.40. The molecule has 0 bridgehead atoms. The summed E-state index contributed by atoms with van der Waals surface area (Å²) >= 11 is 0. The largest absolute Gasteiger partial charge is 0.487 e. The van der Waals surface area contributed by atoms with Crippen LogP contribution >= 0.6 is 0 Å². The number of ether oxygens (including phenoxy) is 1. The van der Waals surface area contributed by atoms with Gasteiger partial charge in [-0.3, -0.25) is 4.79 Å². The van der Waals surface area contributed by atoms with Crippen LogP contribution in [0.2, 0.25) is 0 Å². The van der Waals surface area contributed by atoms with Crippen molar-refractivity contribution >= 4 is 5.82 Å².